The van der Waals surface area contributed by atoms with Crippen LogP contribution in [-0.2, 0) is 25.7 Å². The average Bonchev–Trinajstić information content (AvgIpc) is 2.63. The van der Waals surface area contributed by atoms with Crippen molar-refractivity contribution in [1.82, 2.24) is 16.1 Å². The van der Waals surface area contributed by atoms with Gasteiger partial charge in [-0.15, -0.1) is 0 Å². The van der Waals surface area contributed by atoms with Crippen LogP contribution in [0.1, 0.15) is 32.3 Å². The zero-order chi connectivity index (χ0) is 20.4. The van der Waals surface area contributed by atoms with Gasteiger partial charge < -0.3 is 15.7 Å². The van der Waals surface area contributed by atoms with Gasteiger partial charge in [0.2, 0.25) is 11.8 Å². The molecule has 0 radical (unpaired) electrons. The molecular weight excluding hydrogens is 354 g/mol. The third-order valence-corrected chi connectivity index (χ3v) is 3.77. The molecule has 3 amide bonds. The van der Waals surface area contributed by atoms with Crippen LogP contribution < -0.4 is 16.1 Å². The Balaban J connectivity index is 2.81. The Hall–Kier alpha value is -2.94. The molecule has 1 aromatic rings. The van der Waals surface area contributed by atoms with Crippen LogP contribution in [0.4, 0.5) is 0 Å². The van der Waals surface area contributed by atoms with Crippen LogP contribution in [-0.4, -0.2) is 40.0 Å². The summed E-state index contributed by atoms with van der Waals surface area (Å²) >= 11 is 0. The van der Waals surface area contributed by atoms with Gasteiger partial charge in [-0.1, -0.05) is 44.2 Å². The second-order valence-corrected chi connectivity index (χ2v) is 6.52. The Bertz CT molecular complexity index is 662. The lowest BCUT2D eigenvalue weighted by molar-refractivity contribution is -0.144. The molecule has 2 atom stereocenters. The number of aliphatic carboxylic acids is 1. The van der Waals surface area contributed by atoms with Crippen molar-refractivity contribution in [1.29, 1.82) is 0 Å². The van der Waals surface area contributed by atoms with Crippen molar-refractivity contribution < 1.29 is 29.5 Å². The zero-order valence-electron chi connectivity index (χ0n) is 15.3. The summed E-state index contributed by atoms with van der Waals surface area (Å²) in [5.41, 5.74) is 2.23. The average molecular weight is 379 g/mol. The molecule has 9 heteroatoms. The van der Waals surface area contributed by atoms with Gasteiger partial charge in [0.05, 0.1) is 6.42 Å². The van der Waals surface area contributed by atoms with E-state index in [4.69, 9.17) is 10.3 Å². The van der Waals surface area contributed by atoms with E-state index in [1.165, 1.54) is 5.48 Å². The molecule has 0 bridgehead atoms. The first-order valence-corrected chi connectivity index (χ1v) is 8.52. The predicted octanol–water partition coefficient (Wildman–Crippen LogP) is 0.430. The number of rotatable bonds is 10. The first kappa shape index (κ1) is 22.1. The van der Waals surface area contributed by atoms with Gasteiger partial charge >= 0.3 is 5.97 Å². The molecule has 1 rings (SSSR count). The molecule has 0 aromatic heterocycles. The highest BCUT2D eigenvalue weighted by atomic mass is 16.5. The number of carboxylic acids is 1. The molecule has 0 aliphatic heterocycles. The molecule has 27 heavy (non-hydrogen) atoms. The van der Waals surface area contributed by atoms with Gasteiger partial charge in [0, 0.05) is 6.54 Å². The van der Waals surface area contributed by atoms with E-state index in [0.717, 1.165) is 5.56 Å². The number of hydrogen-bond donors (Lipinski definition) is 5. The van der Waals surface area contributed by atoms with E-state index in [2.05, 4.69) is 10.6 Å². The van der Waals surface area contributed by atoms with Gasteiger partial charge in [-0.05, 0) is 17.9 Å². The summed E-state index contributed by atoms with van der Waals surface area (Å²) in [5, 5.41) is 22.7. The molecule has 9 nitrogen and oxygen atoms in total. The Morgan fingerprint density at radius 1 is 1.00 bits per heavy atom. The summed E-state index contributed by atoms with van der Waals surface area (Å²) in [5.74, 6) is -4.98. The SMILES string of the molecule is CC(C)CC(C(=O)NO)C(=O)NC(CC(=O)O)C(=O)NCc1ccccc1. The lowest BCUT2D eigenvalue weighted by Crippen LogP contribution is -2.51. The number of benzene rings is 1. The van der Waals surface area contributed by atoms with Gasteiger partial charge in [0.25, 0.3) is 5.91 Å². The fourth-order valence-electron chi connectivity index (χ4n) is 2.45. The topological polar surface area (TPSA) is 145 Å². The highest BCUT2D eigenvalue weighted by Gasteiger charge is 2.31. The summed E-state index contributed by atoms with van der Waals surface area (Å²) in [6.45, 7) is 3.73. The summed E-state index contributed by atoms with van der Waals surface area (Å²) in [6.07, 6.45) is -0.509. The second kappa shape index (κ2) is 10.9. The van der Waals surface area contributed by atoms with Crippen LogP contribution in [0, 0.1) is 11.8 Å². The van der Waals surface area contributed by atoms with Crippen LogP contribution in [0.3, 0.4) is 0 Å². The third-order valence-electron chi connectivity index (χ3n) is 3.77. The molecule has 0 saturated heterocycles. The van der Waals surface area contributed by atoms with Crippen molar-refractivity contribution in [2.75, 3.05) is 0 Å². The summed E-state index contributed by atoms with van der Waals surface area (Å²) in [7, 11) is 0. The van der Waals surface area contributed by atoms with Crippen molar-refractivity contribution in [3.8, 4) is 0 Å². The highest BCUT2D eigenvalue weighted by molar-refractivity contribution is 6.01. The number of carboxylic acid groups (broad SMARTS) is 1. The van der Waals surface area contributed by atoms with E-state index in [9.17, 15) is 19.2 Å². The van der Waals surface area contributed by atoms with Gasteiger partial charge in [-0.25, -0.2) is 5.48 Å². The predicted molar refractivity (Wildman–Crippen MR) is 95.3 cm³/mol. The minimum absolute atomic E-state index is 0.0390. The van der Waals surface area contributed by atoms with Crippen molar-refractivity contribution in [2.45, 2.75) is 39.3 Å². The van der Waals surface area contributed by atoms with Crippen LogP contribution in [0.2, 0.25) is 0 Å². The lowest BCUT2D eigenvalue weighted by Gasteiger charge is -2.21. The minimum atomic E-state index is -1.35. The number of carbonyl (C=O) groups is 4. The number of nitrogens with one attached hydrogen (secondary N) is 3. The van der Waals surface area contributed by atoms with Gasteiger partial charge in [-0.2, -0.15) is 0 Å². The molecule has 0 spiro atoms. The molecule has 148 valence electrons. The standard InChI is InChI=1S/C18H25N3O6/c1-11(2)8-13(17(25)21-27)16(24)20-14(9-15(22)23)18(26)19-10-12-6-4-3-5-7-12/h3-7,11,13-14,27H,8-10H2,1-2H3,(H,19,26)(H,20,24)(H,21,25)(H,22,23). The summed E-state index contributed by atoms with van der Waals surface area (Å²) in [4.78, 5) is 47.5. The molecule has 0 aliphatic carbocycles. The molecular formula is C18H25N3O6. The first-order valence-electron chi connectivity index (χ1n) is 8.52. The highest BCUT2D eigenvalue weighted by Crippen LogP contribution is 2.13. The molecule has 0 fully saturated rings. The molecule has 0 heterocycles. The monoisotopic (exact) mass is 379 g/mol. The van der Waals surface area contributed by atoms with Crippen LogP contribution in [0.5, 0.6) is 0 Å². The Morgan fingerprint density at radius 3 is 2.15 bits per heavy atom. The Labute approximate surface area is 157 Å². The zero-order valence-corrected chi connectivity index (χ0v) is 15.3. The summed E-state index contributed by atoms with van der Waals surface area (Å²) < 4.78 is 0. The van der Waals surface area contributed by atoms with E-state index in [1.54, 1.807) is 38.1 Å². The summed E-state index contributed by atoms with van der Waals surface area (Å²) in [6, 6.07) is 7.63. The minimum Gasteiger partial charge on any atom is -0.481 e. The number of hydroxylamine groups is 1. The van der Waals surface area contributed by atoms with Crippen molar-refractivity contribution in [3.05, 3.63) is 35.9 Å². The van der Waals surface area contributed by atoms with E-state index in [1.807, 2.05) is 6.07 Å². The number of amides is 3. The Morgan fingerprint density at radius 2 is 1.63 bits per heavy atom. The van der Waals surface area contributed by atoms with Gasteiger partial charge in [0.1, 0.15) is 12.0 Å². The smallest absolute Gasteiger partial charge is 0.305 e. The van der Waals surface area contributed by atoms with Crippen molar-refractivity contribution in [2.24, 2.45) is 11.8 Å². The van der Waals surface area contributed by atoms with Gasteiger partial charge in [0.15, 0.2) is 0 Å². The van der Waals surface area contributed by atoms with Crippen LogP contribution in [0.25, 0.3) is 0 Å². The number of carbonyl (C=O) groups excluding carboxylic acids is 3. The lowest BCUT2D eigenvalue weighted by atomic mass is 9.95. The first-order chi connectivity index (χ1) is 12.7. The maximum absolute atomic E-state index is 12.4. The van der Waals surface area contributed by atoms with E-state index >= 15 is 0 Å². The molecule has 0 saturated carbocycles. The van der Waals surface area contributed by atoms with E-state index < -0.39 is 42.1 Å². The maximum Gasteiger partial charge on any atom is 0.305 e. The van der Waals surface area contributed by atoms with Crippen molar-refractivity contribution >= 4 is 23.7 Å². The van der Waals surface area contributed by atoms with Crippen LogP contribution in [0.15, 0.2) is 30.3 Å². The van der Waals surface area contributed by atoms with E-state index in [0.29, 0.717) is 0 Å². The van der Waals surface area contributed by atoms with E-state index in [-0.39, 0.29) is 18.9 Å². The molecule has 5 N–H and O–H groups in total. The molecule has 2 unspecified atom stereocenters. The quantitative estimate of drug-likeness (QED) is 0.226. The largest absolute Gasteiger partial charge is 0.481 e. The number of hydrogen-bond acceptors (Lipinski definition) is 5. The molecule has 1 aromatic carbocycles. The fourth-order valence-corrected chi connectivity index (χ4v) is 2.45. The van der Waals surface area contributed by atoms with Crippen LogP contribution >= 0.6 is 0 Å². The van der Waals surface area contributed by atoms with Crippen molar-refractivity contribution in [3.63, 3.8) is 0 Å². The normalized spacial score (nSPS) is 12.7. The second-order valence-electron chi connectivity index (χ2n) is 6.52. The fraction of sp³-hybridized carbons (Fsp3) is 0.444. The Kier molecular flexibility index (Phi) is 8.94. The third kappa shape index (κ3) is 7.87. The maximum atomic E-state index is 12.4. The molecule has 0 aliphatic rings. The van der Waals surface area contributed by atoms with Gasteiger partial charge in [-0.3, -0.25) is 24.4 Å².